The van der Waals surface area contributed by atoms with E-state index >= 15 is 0 Å². The van der Waals surface area contributed by atoms with Crippen LogP contribution >= 0.6 is 0 Å². The number of aldehydes is 1. The second-order valence-corrected chi connectivity index (χ2v) is 9.34. The molecule has 0 bridgehead atoms. The molecule has 4 heteroatoms. The van der Waals surface area contributed by atoms with Gasteiger partial charge in [0.25, 0.3) is 0 Å². The summed E-state index contributed by atoms with van der Waals surface area (Å²) < 4.78 is 0. The first-order valence-electron chi connectivity index (χ1n) is 9.93. The molecule has 28 heavy (non-hydrogen) atoms. The average Bonchev–Trinajstić information content (AvgIpc) is 3.44. The fourth-order valence-electron chi connectivity index (χ4n) is 4.77. The number of benzene rings is 2. The number of fused-ring (bicyclic) bond motifs is 1. The van der Waals surface area contributed by atoms with Crippen LogP contribution in [-0.4, -0.2) is 17.5 Å². The molecule has 0 unspecified atom stereocenters. The summed E-state index contributed by atoms with van der Waals surface area (Å²) in [5, 5.41) is 12.0. The number of carbonyl (C=O) groups is 2. The average molecular weight is 377 g/mol. The van der Waals surface area contributed by atoms with Crippen molar-refractivity contribution in [2.75, 3.05) is 0 Å². The van der Waals surface area contributed by atoms with Crippen LogP contribution in [0.2, 0.25) is 0 Å². The quantitative estimate of drug-likeness (QED) is 0.737. The Morgan fingerprint density at radius 3 is 2.21 bits per heavy atom. The van der Waals surface area contributed by atoms with Crippen molar-refractivity contribution in [2.24, 2.45) is 5.41 Å². The Kier molecular flexibility index (Phi) is 4.14. The predicted octanol–water partition coefficient (Wildman–Crippen LogP) is 5.04. The van der Waals surface area contributed by atoms with E-state index in [-0.39, 0.29) is 10.8 Å². The molecule has 0 saturated heterocycles. The number of rotatable bonds is 3. The predicted molar refractivity (Wildman–Crippen MR) is 109 cm³/mol. The Labute approximate surface area is 166 Å². The third kappa shape index (κ3) is 2.83. The number of carboxylic acid groups (broad SMARTS) is 1. The van der Waals surface area contributed by atoms with E-state index in [1.54, 1.807) is 0 Å². The largest absolute Gasteiger partial charge is 0.465 e. The molecule has 2 aliphatic rings. The van der Waals surface area contributed by atoms with Crippen LogP contribution in [0.1, 0.15) is 56.7 Å². The number of hydrogen-bond acceptors (Lipinski definition) is 2. The van der Waals surface area contributed by atoms with Crippen LogP contribution in [0.5, 0.6) is 0 Å². The van der Waals surface area contributed by atoms with Crippen molar-refractivity contribution in [1.82, 2.24) is 5.32 Å². The monoisotopic (exact) mass is 377 g/mol. The van der Waals surface area contributed by atoms with Crippen LogP contribution in [-0.2, 0) is 22.2 Å². The Bertz CT molecular complexity index is 935. The van der Waals surface area contributed by atoms with Crippen LogP contribution in [0.4, 0.5) is 4.79 Å². The minimum absolute atomic E-state index is 0.110. The van der Waals surface area contributed by atoms with Crippen molar-refractivity contribution in [2.45, 2.75) is 57.4 Å². The molecule has 2 aliphatic carbocycles. The lowest BCUT2D eigenvalue weighted by molar-refractivity contribution is -0.116. The van der Waals surface area contributed by atoms with Crippen molar-refractivity contribution in [3.63, 3.8) is 0 Å². The minimum Gasteiger partial charge on any atom is -0.465 e. The van der Waals surface area contributed by atoms with E-state index in [1.807, 2.05) is 12.1 Å². The highest BCUT2D eigenvalue weighted by Crippen LogP contribution is 2.63. The van der Waals surface area contributed by atoms with Gasteiger partial charge in [0.2, 0.25) is 0 Å². The minimum atomic E-state index is -1.15. The van der Waals surface area contributed by atoms with E-state index in [0.717, 1.165) is 54.2 Å². The van der Waals surface area contributed by atoms with E-state index in [4.69, 9.17) is 0 Å². The first kappa shape index (κ1) is 18.7. The summed E-state index contributed by atoms with van der Waals surface area (Å²) >= 11 is 0. The van der Waals surface area contributed by atoms with Crippen LogP contribution in [0.15, 0.2) is 42.5 Å². The summed E-state index contributed by atoms with van der Waals surface area (Å²) in [6.07, 6.45) is 3.17. The Morgan fingerprint density at radius 1 is 1.04 bits per heavy atom. The molecule has 146 valence electrons. The first-order valence-corrected chi connectivity index (χ1v) is 9.93. The topological polar surface area (TPSA) is 66.4 Å². The van der Waals surface area contributed by atoms with E-state index in [1.165, 1.54) is 5.56 Å². The molecular weight excluding hydrogens is 350 g/mol. The molecule has 2 aromatic rings. The SMILES string of the molecule is CC(C)(C)c1ccc(-c2ccc3c(c2)CCC2(CC2)[C@]3(C=O)NC(=O)O)cc1. The van der Waals surface area contributed by atoms with Crippen LogP contribution in [0.3, 0.4) is 0 Å². The lowest BCUT2D eigenvalue weighted by Gasteiger charge is -2.42. The van der Waals surface area contributed by atoms with E-state index in [2.05, 4.69) is 56.4 Å². The molecule has 4 nitrogen and oxygen atoms in total. The Balaban J connectivity index is 1.75. The van der Waals surface area contributed by atoms with Gasteiger partial charge < -0.3 is 15.2 Å². The molecule has 2 N–H and O–H groups in total. The van der Waals surface area contributed by atoms with Gasteiger partial charge in [-0.25, -0.2) is 4.79 Å². The standard InChI is InChI=1S/C24H27NO3/c1-22(2,3)19-7-4-16(5-8-19)17-6-9-20-18(14-17)10-11-23(12-13-23)24(20,15-26)25-21(27)28/h4-9,14-15,25H,10-13H2,1-3H3,(H,27,28)/t24-/m1/s1. The van der Waals surface area contributed by atoms with Gasteiger partial charge in [-0.1, -0.05) is 63.2 Å². The third-order valence-electron chi connectivity index (χ3n) is 6.66. The fourth-order valence-corrected chi connectivity index (χ4v) is 4.77. The van der Waals surface area contributed by atoms with Crippen LogP contribution < -0.4 is 5.32 Å². The Hall–Kier alpha value is -2.62. The van der Waals surface area contributed by atoms with Crippen molar-refractivity contribution in [3.05, 3.63) is 59.2 Å². The maximum atomic E-state index is 12.2. The van der Waals surface area contributed by atoms with Crippen LogP contribution in [0, 0.1) is 5.41 Å². The molecule has 0 radical (unpaired) electrons. The lowest BCUT2D eigenvalue weighted by atomic mass is 9.67. The molecule has 1 saturated carbocycles. The van der Waals surface area contributed by atoms with Gasteiger partial charge in [0, 0.05) is 5.41 Å². The number of nitrogens with one attached hydrogen (secondary N) is 1. The molecule has 1 spiro atoms. The Morgan fingerprint density at radius 2 is 1.68 bits per heavy atom. The maximum absolute atomic E-state index is 12.2. The lowest BCUT2D eigenvalue weighted by Crippen LogP contribution is -2.55. The highest BCUT2D eigenvalue weighted by Gasteiger charge is 2.63. The summed E-state index contributed by atoms with van der Waals surface area (Å²) in [5.74, 6) is 0. The molecular formula is C24H27NO3. The zero-order valence-corrected chi connectivity index (χ0v) is 16.7. The summed E-state index contributed by atoms with van der Waals surface area (Å²) in [7, 11) is 0. The number of amides is 1. The van der Waals surface area contributed by atoms with Crippen molar-refractivity contribution in [3.8, 4) is 11.1 Å². The number of hydrogen-bond donors (Lipinski definition) is 2. The van der Waals surface area contributed by atoms with Gasteiger partial charge in [-0.15, -0.1) is 0 Å². The van der Waals surface area contributed by atoms with Crippen LogP contribution in [0.25, 0.3) is 11.1 Å². The van der Waals surface area contributed by atoms with Gasteiger partial charge in [0.1, 0.15) is 5.54 Å². The zero-order chi connectivity index (χ0) is 20.2. The molecule has 1 amide bonds. The highest BCUT2D eigenvalue weighted by molar-refractivity contribution is 5.81. The second-order valence-electron chi connectivity index (χ2n) is 9.34. The number of carbonyl (C=O) groups excluding carboxylic acids is 1. The van der Waals surface area contributed by atoms with Gasteiger partial charge in [-0.2, -0.15) is 0 Å². The van der Waals surface area contributed by atoms with E-state index < -0.39 is 11.6 Å². The number of aryl methyl sites for hydroxylation is 1. The molecule has 0 heterocycles. The van der Waals surface area contributed by atoms with Gasteiger partial charge in [0.15, 0.2) is 6.29 Å². The summed E-state index contributed by atoms with van der Waals surface area (Å²) in [5.41, 5.74) is 4.14. The smallest absolute Gasteiger partial charge is 0.405 e. The summed E-state index contributed by atoms with van der Waals surface area (Å²) in [4.78, 5) is 23.7. The molecule has 1 fully saturated rings. The zero-order valence-electron chi connectivity index (χ0n) is 16.7. The summed E-state index contributed by atoms with van der Waals surface area (Å²) in [6.45, 7) is 6.59. The highest BCUT2D eigenvalue weighted by atomic mass is 16.4. The van der Waals surface area contributed by atoms with Gasteiger partial charge in [0.05, 0.1) is 0 Å². The normalized spacial score (nSPS) is 22.4. The first-order chi connectivity index (χ1) is 13.2. The van der Waals surface area contributed by atoms with Gasteiger partial charge >= 0.3 is 6.09 Å². The van der Waals surface area contributed by atoms with Crippen molar-refractivity contribution >= 4 is 12.4 Å². The van der Waals surface area contributed by atoms with Gasteiger partial charge in [-0.3, -0.25) is 0 Å². The molecule has 0 aromatic heterocycles. The van der Waals surface area contributed by atoms with Crippen molar-refractivity contribution in [1.29, 1.82) is 0 Å². The van der Waals surface area contributed by atoms with Crippen molar-refractivity contribution < 1.29 is 14.7 Å². The summed E-state index contributed by atoms with van der Waals surface area (Å²) in [6, 6.07) is 14.7. The van der Waals surface area contributed by atoms with E-state index in [0.29, 0.717) is 0 Å². The molecule has 1 atom stereocenters. The third-order valence-corrected chi connectivity index (χ3v) is 6.66. The molecule has 2 aromatic carbocycles. The maximum Gasteiger partial charge on any atom is 0.405 e. The van der Waals surface area contributed by atoms with Gasteiger partial charge in [-0.05, 0) is 58.9 Å². The second kappa shape index (κ2) is 6.20. The fraction of sp³-hybridized carbons (Fsp3) is 0.417. The molecule has 0 aliphatic heterocycles. The van der Waals surface area contributed by atoms with E-state index in [9.17, 15) is 14.7 Å². The molecule has 4 rings (SSSR count).